The number of aryl methyl sites for hydroxylation is 2. The van der Waals surface area contributed by atoms with Crippen LogP contribution in [0.1, 0.15) is 66.4 Å². The van der Waals surface area contributed by atoms with Crippen LogP contribution in [0.2, 0.25) is 0 Å². The minimum atomic E-state index is -3.61. The molecule has 1 fully saturated rings. The molecule has 2 aromatic rings. The summed E-state index contributed by atoms with van der Waals surface area (Å²) >= 11 is 0. The largest absolute Gasteiger partial charge is 0.360 e. The highest BCUT2D eigenvalue weighted by Gasteiger charge is 2.36. The van der Waals surface area contributed by atoms with Gasteiger partial charge in [0.2, 0.25) is 10.0 Å². The zero-order chi connectivity index (χ0) is 17.6. The van der Waals surface area contributed by atoms with Crippen molar-refractivity contribution >= 4 is 10.0 Å². The van der Waals surface area contributed by atoms with E-state index in [1.807, 2.05) is 0 Å². The molecule has 8 heteroatoms. The Balaban J connectivity index is 1.65. The number of nitrogens with one attached hydrogen (secondary N) is 1. The van der Waals surface area contributed by atoms with Gasteiger partial charge in [-0.3, -0.25) is 5.10 Å². The van der Waals surface area contributed by atoms with Crippen LogP contribution in [-0.2, 0) is 23.0 Å². The predicted molar refractivity (Wildman–Crippen MR) is 91.7 cm³/mol. The van der Waals surface area contributed by atoms with Gasteiger partial charge in [0.25, 0.3) is 0 Å². The summed E-state index contributed by atoms with van der Waals surface area (Å²) < 4.78 is 32.8. The van der Waals surface area contributed by atoms with Crippen LogP contribution in [0.15, 0.2) is 9.42 Å². The number of hydrogen-bond acceptors (Lipinski definition) is 5. The monoisotopic (exact) mass is 364 g/mol. The van der Waals surface area contributed by atoms with Crippen molar-refractivity contribution in [3.8, 4) is 0 Å². The molecule has 0 bridgehead atoms. The van der Waals surface area contributed by atoms with E-state index < -0.39 is 10.0 Å². The van der Waals surface area contributed by atoms with Crippen LogP contribution in [0.4, 0.5) is 0 Å². The Hall–Kier alpha value is -1.67. The number of hydrogen-bond donors (Lipinski definition) is 1. The molecule has 136 valence electrons. The molecule has 2 aliphatic rings. The van der Waals surface area contributed by atoms with Crippen molar-refractivity contribution < 1.29 is 12.9 Å². The average molecular weight is 364 g/mol. The van der Waals surface area contributed by atoms with Gasteiger partial charge in [0.15, 0.2) is 5.76 Å². The molecule has 0 atom stereocenters. The van der Waals surface area contributed by atoms with Crippen LogP contribution in [-0.4, -0.2) is 34.6 Å². The lowest BCUT2D eigenvalue weighted by atomic mass is 9.85. The van der Waals surface area contributed by atoms with Crippen molar-refractivity contribution in [2.75, 3.05) is 6.54 Å². The molecule has 4 rings (SSSR count). The van der Waals surface area contributed by atoms with Crippen LogP contribution in [0.25, 0.3) is 0 Å². The molecule has 0 saturated heterocycles. The van der Waals surface area contributed by atoms with Gasteiger partial charge in [-0.1, -0.05) is 24.4 Å². The molecule has 1 aliphatic heterocycles. The minimum absolute atomic E-state index is 0.207. The Kier molecular flexibility index (Phi) is 4.19. The average Bonchev–Trinajstić information content (AvgIpc) is 3.18. The molecule has 1 aliphatic carbocycles. The zero-order valence-corrected chi connectivity index (χ0v) is 15.5. The lowest BCUT2D eigenvalue weighted by molar-refractivity contribution is 0.377. The van der Waals surface area contributed by atoms with E-state index in [-0.39, 0.29) is 4.90 Å². The number of H-pyrrole nitrogens is 1. The summed E-state index contributed by atoms with van der Waals surface area (Å²) in [6, 6.07) is 0. The first-order chi connectivity index (χ1) is 12.0. The summed E-state index contributed by atoms with van der Waals surface area (Å²) in [7, 11) is -3.61. The predicted octanol–water partition coefficient (Wildman–Crippen LogP) is 2.81. The molecule has 0 amide bonds. The maximum absolute atomic E-state index is 13.1. The second kappa shape index (κ2) is 6.25. The normalized spacial score (nSPS) is 19.9. The van der Waals surface area contributed by atoms with Gasteiger partial charge in [-0.25, -0.2) is 8.42 Å². The van der Waals surface area contributed by atoms with Gasteiger partial charge in [-0.15, -0.1) is 0 Å². The molecule has 0 spiro atoms. The molecule has 25 heavy (non-hydrogen) atoms. The van der Waals surface area contributed by atoms with Crippen LogP contribution in [0.3, 0.4) is 0 Å². The third-order valence-corrected chi connectivity index (χ3v) is 7.58. The van der Waals surface area contributed by atoms with E-state index in [0.717, 1.165) is 29.8 Å². The van der Waals surface area contributed by atoms with E-state index in [9.17, 15) is 8.42 Å². The lowest BCUT2D eigenvalue weighted by Crippen LogP contribution is -2.36. The number of rotatable bonds is 3. The van der Waals surface area contributed by atoms with Crippen molar-refractivity contribution in [2.24, 2.45) is 0 Å². The third-order valence-electron chi connectivity index (χ3n) is 5.49. The molecule has 7 nitrogen and oxygen atoms in total. The number of aromatic amines is 1. The van der Waals surface area contributed by atoms with Gasteiger partial charge in [0.05, 0.1) is 5.69 Å². The summed E-state index contributed by atoms with van der Waals surface area (Å²) in [5, 5.41) is 11.5. The maximum Gasteiger partial charge on any atom is 0.248 e. The summed E-state index contributed by atoms with van der Waals surface area (Å²) in [5.41, 5.74) is 3.66. The standard InChI is InChI=1S/C17H24N4O3S/c1-11-17(12(2)24-20-11)25(22,23)21-9-8-15-14(10-21)16(19-18-15)13-6-4-3-5-7-13/h13H,3-10H2,1-2H3,(H,18,19). The Morgan fingerprint density at radius 1 is 1.20 bits per heavy atom. The number of aromatic nitrogens is 3. The quantitative estimate of drug-likeness (QED) is 0.904. The van der Waals surface area contributed by atoms with Gasteiger partial charge in [0, 0.05) is 36.7 Å². The molecular formula is C17H24N4O3S. The van der Waals surface area contributed by atoms with E-state index in [0.29, 0.717) is 36.9 Å². The maximum atomic E-state index is 13.1. The molecule has 1 saturated carbocycles. The van der Waals surface area contributed by atoms with Gasteiger partial charge in [-0.05, 0) is 26.7 Å². The fourth-order valence-corrected chi connectivity index (χ4v) is 5.88. The van der Waals surface area contributed by atoms with Gasteiger partial charge in [0.1, 0.15) is 10.6 Å². The smallest absolute Gasteiger partial charge is 0.248 e. The summed E-state index contributed by atoms with van der Waals surface area (Å²) in [6.07, 6.45) is 6.70. The number of fused-ring (bicyclic) bond motifs is 1. The highest BCUT2D eigenvalue weighted by Crippen LogP contribution is 2.37. The van der Waals surface area contributed by atoms with Crippen molar-refractivity contribution in [1.29, 1.82) is 0 Å². The Labute approximate surface area is 147 Å². The number of nitrogens with zero attached hydrogens (tertiary/aromatic N) is 3. The first-order valence-corrected chi connectivity index (χ1v) is 10.4. The summed E-state index contributed by atoms with van der Waals surface area (Å²) in [5.74, 6) is 0.804. The van der Waals surface area contributed by atoms with Crippen molar-refractivity contribution in [3.63, 3.8) is 0 Å². The first-order valence-electron chi connectivity index (χ1n) is 8.97. The molecule has 0 aromatic carbocycles. The van der Waals surface area contributed by atoms with Crippen molar-refractivity contribution in [2.45, 2.75) is 69.7 Å². The Morgan fingerprint density at radius 2 is 1.96 bits per heavy atom. The van der Waals surface area contributed by atoms with Crippen LogP contribution in [0.5, 0.6) is 0 Å². The highest BCUT2D eigenvalue weighted by atomic mass is 32.2. The fraction of sp³-hybridized carbons (Fsp3) is 0.647. The molecule has 0 unspecified atom stereocenters. The second-order valence-electron chi connectivity index (χ2n) is 7.14. The van der Waals surface area contributed by atoms with E-state index in [1.54, 1.807) is 18.2 Å². The first kappa shape index (κ1) is 16.8. The lowest BCUT2D eigenvalue weighted by Gasteiger charge is -2.28. The van der Waals surface area contributed by atoms with Crippen molar-refractivity contribution in [1.82, 2.24) is 19.7 Å². The van der Waals surface area contributed by atoms with Crippen molar-refractivity contribution in [3.05, 3.63) is 28.4 Å². The van der Waals surface area contributed by atoms with E-state index in [1.165, 1.54) is 19.3 Å². The zero-order valence-electron chi connectivity index (χ0n) is 14.7. The SMILES string of the molecule is Cc1noc(C)c1S(=O)(=O)N1CCc2[nH]nc(C3CCCCC3)c2C1. The van der Waals surface area contributed by atoms with Gasteiger partial charge in [-0.2, -0.15) is 9.40 Å². The van der Waals surface area contributed by atoms with Crippen LogP contribution < -0.4 is 0 Å². The van der Waals surface area contributed by atoms with E-state index >= 15 is 0 Å². The van der Waals surface area contributed by atoms with Gasteiger partial charge < -0.3 is 4.52 Å². The van der Waals surface area contributed by atoms with Crippen LogP contribution in [0, 0.1) is 13.8 Å². The fourth-order valence-electron chi connectivity index (χ4n) is 4.18. The molecular weight excluding hydrogens is 340 g/mol. The Bertz CT molecular complexity index is 858. The highest BCUT2D eigenvalue weighted by molar-refractivity contribution is 7.89. The number of sulfonamides is 1. The molecule has 1 N–H and O–H groups in total. The van der Waals surface area contributed by atoms with E-state index in [4.69, 9.17) is 4.52 Å². The second-order valence-corrected chi connectivity index (χ2v) is 9.02. The van der Waals surface area contributed by atoms with E-state index in [2.05, 4.69) is 15.4 Å². The topological polar surface area (TPSA) is 92.1 Å². The summed E-state index contributed by atoms with van der Waals surface area (Å²) in [6.45, 7) is 4.15. The minimum Gasteiger partial charge on any atom is -0.360 e. The van der Waals surface area contributed by atoms with Gasteiger partial charge >= 0.3 is 0 Å². The molecule has 0 radical (unpaired) electrons. The van der Waals surface area contributed by atoms with Crippen LogP contribution >= 0.6 is 0 Å². The third kappa shape index (κ3) is 2.81. The summed E-state index contributed by atoms with van der Waals surface area (Å²) in [4.78, 5) is 0.207. The Morgan fingerprint density at radius 3 is 2.64 bits per heavy atom. The molecule has 3 heterocycles. The molecule has 2 aromatic heterocycles.